The van der Waals surface area contributed by atoms with Crippen molar-refractivity contribution in [1.82, 2.24) is 0 Å². The predicted octanol–water partition coefficient (Wildman–Crippen LogP) is 4.39. The first-order valence-electron chi connectivity index (χ1n) is 7.75. The Morgan fingerprint density at radius 2 is 1.76 bits per heavy atom. The number of anilines is 1. The van der Waals surface area contributed by atoms with Gasteiger partial charge in [0.25, 0.3) is 5.91 Å². The Labute approximate surface area is 146 Å². The summed E-state index contributed by atoms with van der Waals surface area (Å²) in [4.78, 5) is 12.4. The number of benzene rings is 3. The highest BCUT2D eigenvalue weighted by molar-refractivity contribution is 6.10. The lowest BCUT2D eigenvalue weighted by Crippen LogP contribution is -2.13. The molecule has 0 fully saturated rings. The first kappa shape index (κ1) is 16.3. The molecular formula is C21H16N2O2. The van der Waals surface area contributed by atoms with Crippen LogP contribution in [-0.4, -0.2) is 13.0 Å². The lowest BCUT2D eigenvalue weighted by Gasteiger charge is -2.06. The maximum absolute atomic E-state index is 12.4. The highest BCUT2D eigenvalue weighted by Gasteiger charge is 2.10. The van der Waals surface area contributed by atoms with Crippen LogP contribution >= 0.6 is 0 Å². The van der Waals surface area contributed by atoms with Gasteiger partial charge in [0, 0.05) is 5.69 Å². The number of methoxy groups -OCH3 is 1. The van der Waals surface area contributed by atoms with Gasteiger partial charge < -0.3 is 10.1 Å². The molecule has 3 rings (SSSR count). The standard InChI is InChI=1S/C21H16N2O2/c1-25-20-10-6-15(7-11-20)12-18(14-22)21(24)23-19-9-8-16-4-2-3-5-17(16)13-19/h2-13H,1H3,(H,23,24)/b18-12+. The molecule has 122 valence electrons. The summed E-state index contributed by atoms with van der Waals surface area (Å²) >= 11 is 0. The van der Waals surface area contributed by atoms with Crippen LogP contribution < -0.4 is 10.1 Å². The van der Waals surface area contributed by atoms with Crippen molar-refractivity contribution in [2.24, 2.45) is 0 Å². The topological polar surface area (TPSA) is 62.1 Å². The molecule has 0 unspecified atom stereocenters. The van der Waals surface area contributed by atoms with E-state index >= 15 is 0 Å². The van der Waals surface area contributed by atoms with Gasteiger partial charge in [0.2, 0.25) is 0 Å². The van der Waals surface area contributed by atoms with E-state index in [1.54, 1.807) is 37.5 Å². The third kappa shape index (κ3) is 3.85. The van der Waals surface area contributed by atoms with E-state index in [1.807, 2.05) is 48.5 Å². The van der Waals surface area contributed by atoms with Gasteiger partial charge in [0.1, 0.15) is 17.4 Å². The molecule has 3 aromatic carbocycles. The van der Waals surface area contributed by atoms with Crippen LogP contribution in [0.4, 0.5) is 5.69 Å². The van der Waals surface area contributed by atoms with Crippen molar-refractivity contribution in [2.75, 3.05) is 12.4 Å². The number of nitriles is 1. The third-order valence-electron chi connectivity index (χ3n) is 3.80. The van der Waals surface area contributed by atoms with Gasteiger partial charge in [-0.25, -0.2) is 0 Å². The van der Waals surface area contributed by atoms with Crippen LogP contribution in [0.1, 0.15) is 5.56 Å². The van der Waals surface area contributed by atoms with E-state index < -0.39 is 5.91 Å². The Balaban J connectivity index is 1.81. The average Bonchev–Trinajstić information content (AvgIpc) is 2.66. The molecule has 4 heteroatoms. The monoisotopic (exact) mass is 328 g/mol. The highest BCUT2D eigenvalue weighted by atomic mass is 16.5. The summed E-state index contributed by atoms with van der Waals surface area (Å²) in [7, 11) is 1.59. The van der Waals surface area contributed by atoms with Crippen LogP contribution in [0.3, 0.4) is 0 Å². The number of hydrogen-bond donors (Lipinski definition) is 1. The second kappa shape index (κ2) is 7.33. The number of nitrogens with zero attached hydrogens (tertiary/aromatic N) is 1. The van der Waals surface area contributed by atoms with E-state index in [0.717, 1.165) is 22.1 Å². The molecule has 1 N–H and O–H groups in total. The predicted molar refractivity (Wildman–Crippen MR) is 99.2 cm³/mol. The second-order valence-corrected chi connectivity index (χ2v) is 5.46. The quantitative estimate of drug-likeness (QED) is 0.570. The fourth-order valence-corrected chi connectivity index (χ4v) is 2.48. The zero-order valence-corrected chi connectivity index (χ0v) is 13.7. The van der Waals surface area contributed by atoms with Crippen molar-refractivity contribution in [3.05, 3.63) is 77.9 Å². The molecule has 0 aliphatic carbocycles. The maximum atomic E-state index is 12.4. The van der Waals surface area contributed by atoms with E-state index in [0.29, 0.717) is 5.69 Å². The number of fused-ring (bicyclic) bond motifs is 1. The zero-order valence-electron chi connectivity index (χ0n) is 13.7. The highest BCUT2D eigenvalue weighted by Crippen LogP contribution is 2.20. The molecule has 0 bridgehead atoms. The molecule has 25 heavy (non-hydrogen) atoms. The van der Waals surface area contributed by atoms with Crippen molar-refractivity contribution in [1.29, 1.82) is 5.26 Å². The molecule has 0 aliphatic rings. The molecular weight excluding hydrogens is 312 g/mol. The molecule has 0 saturated carbocycles. The Bertz CT molecular complexity index is 983. The summed E-state index contributed by atoms with van der Waals surface area (Å²) < 4.78 is 5.10. The van der Waals surface area contributed by atoms with Gasteiger partial charge in [-0.2, -0.15) is 5.26 Å². The molecule has 4 nitrogen and oxygen atoms in total. The summed E-state index contributed by atoms with van der Waals surface area (Å²) in [6.07, 6.45) is 1.55. The molecule has 3 aromatic rings. The van der Waals surface area contributed by atoms with Crippen LogP contribution in [-0.2, 0) is 4.79 Å². The van der Waals surface area contributed by atoms with Crippen molar-refractivity contribution in [2.45, 2.75) is 0 Å². The van der Waals surface area contributed by atoms with Crippen molar-refractivity contribution >= 4 is 28.4 Å². The summed E-state index contributed by atoms with van der Waals surface area (Å²) in [5.74, 6) is 0.282. The maximum Gasteiger partial charge on any atom is 0.266 e. The number of rotatable bonds is 4. The summed E-state index contributed by atoms with van der Waals surface area (Å²) in [5, 5.41) is 14.2. The van der Waals surface area contributed by atoms with Gasteiger partial charge in [-0.3, -0.25) is 4.79 Å². The normalized spacial score (nSPS) is 11.0. The number of ether oxygens (including phenoxy) is 1. The lowest BCUT2D eigenvalue weighted by molar-refractivity contribution is -0.112. The Hall–Kier alpha value is -3.58. The molecule has 0 radical (unpaired) electrons. The van der Waals surface area contributed by atoms with Gasteiger partial charge in [0.05, 0.1) is 7.11 Å². The van der Waals surface area contributed by atoms with Crippen LogP contribution in [0.15, 0.2) is 72.3 Å². The van der Waals surface area contributed by atoms with Gasteiger partial charge in [-0.05, 0) is 46.7 Å². The van der Waals surface area contributed by atoms with Crippen molar-refractivity contribution in [3.63, 3.8) is 0 Å². The molecule has 0 heterocycles. The Morgan fingerprint density at radius 1 is 1.04 bits per heavy atom. The van der Waals surface area contributed by atoms with E-state index in [4.69, 9.17) is 4.74 Å². The van der Waals surface area contributed by atoms with E-state index in [9.17, 15) is 10.1 Å². The molecule has 0 spiro atoms. The van der Waals surface area contributed by atoms with Gasteiger partial charge >= 0.3 is 0 Å². The number of amides is 1. The fraction of sp³-hybridized carbons (Fsp3) is 0.0476. The molecule has 0 aliphatic heterocycles. The first-order chi connectivity index (χ1) is 12.2. The van der Waals surface area contributed by atoms with Gasteiger partial charge in [0.15, 0.2) is 0 Å². The molecule has 0 aromatic heterocycles. The summed E-state index contributed by atoms with van der Waals surface area (Å²) in [6.45, 7) is 0. The fourth-order valence-electron chi connectivity index (χ4n) is 2.48. The SMILES string of the molecule is COc1ccc(/C=C(\C#N)C(=O)Nc2ccc3ccccc3c2)cc1. The van der Waals surface area contributed by atoms with Gasteiger partial charge in [-0.1, -0.05) is 42.5 Å². The number of nitrogens with one attached hydrogen (secondary N) is 1. The molecule has 0 saturated heterocycles. The van der Waals surface area contributed by atoms with Crippen molar-refractivity contribution in [3.8, 4) is 11.8 Å². The van der Waals surface area contributed by atoms with Crippen LogP contribution in [0, 0.1) is 11.3 Å². The smallest absolute Gasteiger partial charge is 0.266 e. The van der Waals surface area contributed by atoms with Crippen LogP contribution in [0.5, 0.6) is 5.75 Å². The van der Waals surface area contributed by atoms with E-state index in [2.05, 4.69) is 5.32 Å². The van der Waals surface area contributed by atoms with Crippen LogP contribution in [0.2, 0.25) is 0 Å². The average molecular weight is 328 g/mol. The number of carbonyl (C=O) groups excluding carboxylic acids is 1. The first-order valence-corrected chi connectivity index (χ1v) is 7.75. The van der Waals surface area contributed by atoms with E-state index in [1.165, 1.54) is 0 Å². The minimum absolute atomic E-state index is 0.0401. The van der Waals surface area contributed by atoms with Gasteiger partial charge in [-0.15, -0.1) is 0 Å². The lowest BCUT2D eigenvalue weighted by atomic mass is 10.1. The Kier molecular flexibility index (Phi) is 4.77. The number of hydrogen-bond acceptors (Lipinski definition) is 3. The third-order valence-corrected chi connectivity index (χ3v) is 3.80. The minimum Gasteiger partial charge on any atom is -0.497 e. The molecule has 1 amide bonds. The Morgan fingerprint density at radius 3 is 2.44 bits per heavy atom. The largest absolute Gasteiger partial charge is 0.497 e. The summed E-state index contributed by atoms with van der Waals surface area (Å²) in [6, 6.07) is 22.6. The summed E-state index contributed by atoms with van der Waals surface area (Å²) in [5.41, 5.74) is 1.45. The second-order valence-electron chi connectivity index (χ2n) is 5.46. The van der Waals surface area contributed by atoms with Crippen LogP contribution in [0.25, 0.3) is 16.8 Å². The molecule has 0 atom stereocenters. The van der Waals surface area contributed by atoms with Crippen molar-refractivity contribution < 1.29 is 9.53 Å². The number of carbonyl (C=O) groups is 1. The zero-order chi connectivity index (χ0) is 17.6. The van der Waals surface area contributed by atoms with E-state index in [-0.39, 0.29) is 5.57 Å². The minimum atomic E-state index is -0.436.